The van der Waals surface area contributed by atoms with E-state index in [1.165, 1.54) is 7.11 Å². The predicted octanol–water partition coefficient (Wildman–Crippen LogP) is 3.98. The van der Waals surface area contributed by atoms with Crippen LogP contribution in [0.1, 0.15) is 24.6 Å². The quantitative estimate of drug-likeness (QED) is 0.575. The number of methoxy groups -OCH3 is 3. The molecular formula is C22H24N2O5. The van der Waals surface area contributed by atoms with Gasteiger partial charge in [0.25, 0.3) is 0 Å². The summed E-state index contributed by atoms with van der Waals surface area (Å²) in [6.07, 6.45) is 0.575. The first kappa shape index (κ1) is 20.4. The Kier molecular flexibility index (Phi) is 6.51. The second-order valence-electron chi connectivity index (χ2n) is 6.45. The van der Waals surface area contributed by atoms with Gasteiger partial charge < -0.3 is 24.5 Å². The lowest BCUT2D eigenvalue weighted by atomic mass is 9.95. The average molecular weight is 396 g/mol. The lowest BCUT2D eigenvalue weighted by Gasteiger charge is -2.11. The minimum atomic E-state index is -0.509. The molecule has 0 fully saturated rings. The molecule has 0 aliphatic carbocycles. The van der Waals surface area contributed by atoms with Gasteiger partial charge in [-0.1, -0.05) is 17.3 Å². The number of hydrogen-bond acceptors (Lipinski definition) is 7. The van der Waals surface area contributed by atoms with Crippen molar-refractivity contribution in [1.82, 2.24) is 5.16 Å². The van der Waals surface area contributed by atoms with Gasteiger partial charge in [-0.15, -0.1) is 0 Å². The normalized spacial score (nSPS) is 11.7. The highest BCUT2D eigenvalue weighted by molar-refractivity contribution is 5.82. The molecule has 2 aromatic carbocycles. The van der Waals surface area contributed by atoms with Gasteiger partial charge in [-0.25, -0.2) is 0 Å². The van der Waals surface area contributed by atoms with Crippen molar-refractivity contribution in [2.45, 2.75) is 18.9 Å². The molecule has 3 aromatic rings. The first-order valence-electron chi connectivity index (χ1n) is 9.18. The monoisotopic (exact) mass is 396 g/mol. The number of carbonyl (C=O) groups is 1. The van der Waals surface area contributed by atoms with Gasteiger partial charge in [-0.2, -0.15) is 0 Å². The maximum Gasteiger partial charge on any atom is 0.305 e. The van der Waals surface area contributed by atoms with Crippen molar-refractivity contribution in [2.24, 2.45) is 5.73 Å². The number of benzene rings is 2. The van der Waals surface area contributed by atoms with Crippen LogP contribution in [0.3, 0.4) is 0 Å². The fraction of sp³-hybridized carbons (Fsp3) is 0.273. The molecule has 29 heavy (non-hydrogen) atoms. The molecule has 7 nitrogen and oxygen atoms in total. The lowest BCUT2D eigenvalue weighted by Crippen LogP contribution is -2.13. The van der Waals surface area contributed by atoms with Crippen molar-refractivity contribution < 1.29 is 23.5 Å². The van der Waals surface area contributed by atoms with E-state index in [9.17, 15) is 4.79 Å². The molecule has 0 bridgehead atoms. The minimum absolute atomic E-state index is 0.193. The molecule has 0 aliphatic rings. The Morgan fingerprint density at radius 3 is 2.03 bits per heavy atom. The Morgan fingerprint density at radius 2 is 1.52 bits per heavy atom. The van der Waals surface area contributed by atoms with Gasteiger partial charge >= 0.3 is 5.97 Å². The van der Waals surface area contributed by atoms with Gasteiger partial charge in [0.05, 0.1) is 32.9 Å². The summed E-state index contributed by atoms with van der Waals surface area (Å²) < 4.78 is 20.8. The molecule has 0 radical (unpaired) electrons. The Labute approximate surface area is 169 Å². The molecule has 0 amide bonds. The lowest BCUT2D eigenvalue weighted by molar-refractivity contribution is -0.140. The highest BCUT2D eigenvalue weighted by Crippen LogP contribution is 2.38. The first-order chi connectivity index (χ1) is 14.1. The molecular weight excluding hydrogens is 372 g/mol. The van der Waals surface area contributed by atoms with Crippen molar-refractivity contribution in [3.05, 3.63) is 54.3 Å². The van der Waals surface area contributed by atoms with E-state index in [0.29, 0.717) is 17.9 Å². The summed E-state index contributed by atoms with van der Waals surface area (Å²) in [4.78, 5) is 11.5. The molecule has 0 saturated heterocycles. The van der Waals surface area contributed by atoms with Crippen LogP contribution < -0.4 is 15.2 Å². The molecule has 1 unspecified atom stereocenters. The summed E-state index contributed by atoms with van der Waals surface area (Å²) in [7, 11) is 4.59. The van der Waals surface area contributed by atoms with Crippen molar-refractivity contribution >= 4 is 5.97 Å². The van der Waals surface area contributed by atoms with Crippen LogP contribution in [0.25, 0.3) is 22.4 Å². The fourth-order valence-corrected chi connectivity index (χ4v) is 3.04. The van der Waals surface area contributed by atoms with Crippen LogP contribution in [0.5, 0.6) is 11.5 Å². The summed E-state index contributed by atoms with van der Waals surface area (Å²) in [5, 5.41) is 4.29. The Balaban J connectivity index is 2.03. The zero-order valence-corrected chi connectivity index (χ0v) is 16.7. The van der Waals surface area contributed by atoms with Crippen molar-refractivity contribution in [3.63, 3.8) is 0 Å². The topological polar surface area (TPSA) is 96.8 Å². The number of aromatic nitrogens is 1. The Hall–Kier alpha value is -3.32. The van der Waals surface area contributed by atoms with E-state index in [2.05, 4.69) is 5.16 Å². The zero-order chi connectivity index (χ0) is 20.8. The van der Waals surface area contributed by atoms with E-state index in [-0.39, 0.29) is 12.4 Å². The average Bonchev–Trinajstić information content (AvgIpc) is 3.22. The number of nitrogens with two attached hydrogens (primary N) is 1. The smallest absolute Gasteiger partial charge is 0.305 e. The number of ether oxygens (including phenoxy) is 3. The molecule has 7 heteroatoms. The summed E-state index contributed by atoms with van der Waals surface area (Å²) in [5.41, 5.74) is 9.56. The fourth-order valence-electron chi connectivity index (χ4n) is 3.04. The van der Waals surface area contributed by atoms with Crippen LogP contribution in [-0.4, -0.2) is 32.5 Å². The second kappa shape index (κ2) is 9.25. The third-order valence-electron chi connectivity index (χ3n) is 4.68. The first-order valence-corrected chi connectivity index (χ1v) is 9.18. The molecule has 1 aromatic heterocycles. The number of hydrogen-bond donors (Lipinski definition) is 1. The second-order valence-corrected chi connectivity index (χ2v) is 6.45. The summed E-state index contributed by atoms with van der Waals surface area (Å²) in [5.74, 6) is 1.69. The van der Waals surface area contributed by atoms with Gasteiger partial charge in [-0.05, 0) is 48.4 Å². The highest BCUT2D eigenvalue weighted by Gasteiger charge is 2.24. The summed E-state index contributed by atoms with van der Waals surface area (Å²) in [6, 6.07) is 14.6. The van der Waals surface area contributed by atoms with Crippen LogP contribution in [-0.2, 0) is 9.53 Å². The van der Waals surface area contributed by atoms with Gasteiger partial charge in [-0.3, -0.25) is 4.79 Å². The molecule has 0 saturated carbocycles. The third-order valence-corrected chi connectivity index (χ3v) is 4.68. The number of rotatable bonds is 8. The van der Waals surface area contributed by atoms with Crippen molar-refractivity contribution in [2.75, 3.05) is 21.3 Å². The minimum Gasteiger partial charge on any atom is -0.497 e. The molecule has 0 aliphatic heterocycles. The van der Waals surface area contributed by atoms with Crippen molar-refractivity contribution in [1.29, 1.82) is 0 Å². The van der Waals surface area contributed by atoms with Crippen molar-refractivity contribution in [3.8, 4) is 33.9 Å². The molecule has 1 atom stereocenters. The van der Waals surface area contributed by atoms with Gasteiger partial charge in [0.2, 0.25) is 0 Å². The maximum atomic E-state index is 11.5. The van der Waals surface area contributed by atoms with E-state index >= 15 is 0 Å². The largest absolute Gasteiger partial charge is 0.497 e. The van der Waals surface area contributed by atoms with E-state index in [4.69, 9.17) is 24.5 Å². The Morgan fingerprint density at radius 1 is 0.966 bits per heavy atom. The van der Waals surface area contributed by atoms with Crippen LogP contribution in [0.2, 0.25) is 0 Å². The van der Waals surface area contributed by atoms with Crippen LogP contribution in [0, 0.1) is 0 Å². The molecule has 3 rings (SSSR count). The number of carbonyl (C=O) groups excluding carboxylic acids is 1. The van der Waals surface area contributed by atoms with Crippen LogP contribution in [0.15, 0.2) is 53.1 Å². The van der Waals surface area contributed by atoms with E-state index in [1.54, 1.807) is 14.2 Å². The molecule has 0 spiro atoms. The van der Waals surface area contributed by atoms with E-state index in [0.717, 1.165) is 28.2 Å². The maximum absolute atomic E-state index is 11.5. The summed E-state index contributed by atoms with van der Waals surface area (Å²) in [6.45, 7) is 0. The Bertz CT molecular complexity index is 948. The summed E-state index contributed by atoms with van der Waals surface area (Å²) >= 11 is 0. The highest BCUT2D eigenvalue weighted by atomic mass is 16.5. The predicted molar refractivity (Wildman–Crippen MR) is 109 cm³/mol. The zero-order valence-electron chi connectivity index (χ0n) is 16.7. The molecule has 1 heterocycles. The van der Waals surface area contributed by atoms with Gasteiger partial charge in [0.15, 0.2) is 5.76 Å². The van der Waals surface area contributed by atoms with Crippen LogP contribution >= 0.6 is 0 Å². The molecule has 152 valence electrons. The van der Waals surface area contributed by atoms with Gasteiger partial charge in [0.1, 0.15) is 17.2 Å². The SMILES string of the molecule is COC(=O)CCC(N)c1onc(-c2ccc(OC)cc2)c1-c1ccc(OC)cc1. The molecule has 2 N–H and O–H groups in total. The van der Waals surface area contributed by atoms with Gasteiger partial charge in [0, 0.05) is 12.0 Å². The van der Waals surface area contributed by atoms with E-state index < -0.39 is 6.04 Å². The van der Waals surface area contributed by atoms with Crippen LogP contribution in [0.4, 0.5) is 0 Å². The standard InChI is InChI=1S/C22H24N2O5/c1-26-16-8-4-14(5-9-16)20-21(15-6-10-17(27-2)11-7-15)24-29-22(20)18(23)12-13-19(25)28-3/h4-11,18H,12-13,23H2,1-3H3. The third kappa shape index (κ3) is 4.57. The number of esters is 1. The number of nitrogens with zero attached hydrogens (tertiary/aromatic N) is 1. The van der Waals surface area contributed by atoms with E-state index in [1.807, 2.05) is 48.5 Å².